The minimum atomic E-state index is -0.604. The van der Waals surface area contributed by atoms with E-state index in [0.29, 0.717) is 11.1 Å². The van der Waals surface area contributed by atoms with E-state index in [9.17, 15) is 14.0 Å². The second kappa shape index (κ2) is 11.9. The summed E-state index contributed by atoms with van der Waals surface area (Å²) in [6.45, 7) is 4.37. The van der Waals surface area contributed by atoms with Gasteiger partial charge in [0.05, 0.1) is 36.0 Å². The summed E-state index contributed by atoms with van der Waals surface area (Å²) < 4.78 is 25.8. The molecule has 1 N–H and O–H groups in total. The Morgan fingerprint density at radius 2 is 1.76 bits per heavy atom. The molecule has 10 heteroatoms. The summed E-state index contributed by atoms with van der Waals surface area (Å²) in [5.74, 6) is -1.59. The number of aromatic nitrogens is 2. The lowest BCUT2D eigenvalue weighted by atomic mass is 10.1. The van der Waals surface area contributed by atoms with Gasteiger partial charge in [0.1, 0.15) is 5.15 Å². The third-order valence-corrected chi connectivity index (χ3v) is 5.58. The van der Waals surface area contributed by atoms with Crippen LogP contribution >= 0.6 is 23.2 Å². The number of hydrogen-bond acceptors (Lipinski definition) is 6. The third-order valence-electron chi connectivity index (χ3n) is 4.86. The Morgan fingerprint density at radius 1 is 1.06 bits per heavy atom. The number of ether oxygens (including phenoxy) is 2. The monoisotopic (exact) mass is 507 g/mol. The molecule has 0 spiro atoms. The molecule has 3 rings (SSSR count). The number of anilines is 1. The van der Waals surface area contributed by atoms with Gasteiger partial charge in [-0.1, -0.05) is 41.4 Å². The van der Waals surface area contributed by atoms with Crippen molar-refractivity contribution >= 4 is 40.8 Å². The second-order valence-corrected chi connectivity index (χ2v) is 7.96. The Hall–Kier alpha value is -3.10. The highest BCUT2D eigenvalue weighted by molar-refractivity contribution is 6.31. The maximum absolute atomic E-state index is 14.2. The van der Waals surface area contributed by atoms with Gasteiger partial charge in [-0.05, 0) is 50.1 Å². The number of nitrogens with one attached hydrogen (secondary N) is 1. The van der Waals surface area contributed by atoms with Gasteiger partial charge in [-0.2, -0.15) is 5.10 Å². The lowest BCUT2D eigenvalue weighted by Crippen LogP contribution is -2.12. The molecule has 0 aliphatic carbocycles. The molecule has 0 aliphatic heterocycles. The number of halogens is 3. The summed E-state index contributed by atoms with van der Waals surface area (Å²) in [6.07, 6.45) is 0.280. The Labute approximate surface area is 206 Å². The Balaban J connectivity index is 1.83. The van der Waals surface area contributed by atoms with Crippen LogP contribution in [0.15, 0.2) is 42.5 Å². The molecule has 3 aromatic rings. The van der Waals surface area contributed by atoms with Crippen molar-refractivity contribution in [1.82, 2.24) is 9.78 Å². The average Bonchev–Trinajstić information content (AvgIpc) is 3.12. The largest absolute Gasteiger partial charge is 0.462 e. The van der Waals surface area contributed by atoms with E-state index in [2.05, 4.69) is 10.4 Å². The van der Waals surface area contributed by atoms with Crippen molar-refractivity contribution < 1.29 is 23.5 Å². The maximum Gasteiger partial charge on any atom is 0.359 e. The fourth-order valence-corrected chi connectivity index (χ4v) is 3.77. The number of nitrogens with zero attached hydrogens (tertiary/aromatic N) is 2. The van der Waals surface area contributed by atoms with Gasteiger partial charge in [0.2, 0.25) is 0 Å². The molecule has 0 fully saturated rings. The van der Waals surface area contributed by atoms with E-state index in [0.717, 1.165) is 5.56 Å². The first-order chi connectivity index (χ1) is 16.3. The van der Waals surface area contributed by atoms with E-state index in [1.165, 1.54) is 10.7 Å². The van der Waals surface area contributed by atoms with E-state index in [1.807, 2.05) is 6.07 Å². The van der Waals surface area contributed by atoms with Crippen LogP contribution in [0, 0.1) is 5.82 Å². The van der Waals surface area contributed by atoms with Crippen molar-refractivity contribution in [3.05, 3.63) is 80.8 Å². The van der Waals surface area contributed by atoms with Gasteiger partial charge >= 0.3 is 11.9 Å². The van der Waals surface area contributed by atoms with Crippen LogP contribution in [0.2, 0.25) is 10.2 Å². The molecule has 0 radical (unpaired) electrons. The number of esters is 2. The van der Waals surface area contributed by atoms with Crippen molar-refractivity contribution in [2.24, 2.45) is 0 Å². The third kappa shape index (κ3) is 6.07. The molecule has 0 saturated heterocycles. The van der Waals surface area contributed by atoms with Crippen molar-refractivity contribution in [2.45, 2.75) is 26.8 Å². The number of carbonyl (C=O) groups is 2. The van der Waals surface area contributed by atoms with Gasteiger partial charge in [0, 0.05) is 12.1 Å². The first-order valence-electron chi connectivity index (χ1n) is 10.7. The number of hydrogen-bond donors (Lipinski definition) is 1. The van der Waals surface area contributed by atoms with Crippen molar-refractivity contribution in [3.63, 3.8) is 0 Å². The molecule has 1 heterocycles. The summed E-state index contributed by atoms with van der Waals surface area (Å²) >= 11 is 12.4. The van der Waals surface area contributed by atoms with Crippen LogP contribution in [-0.4, -0.2) is 41.5 Å². The van der Waals surface area contributed by atoms with Crippen LogP contribution < -0.4 is 5.32 Å². The number of carbonyl (C=O) groups excluding carboxylic acids is 2. The van der Waals surface area contributed by atoms with E-state index < -0.39 is 17.8 Å². The van der Waals surface area contributed by atoms with Crippen molar-refractivity contribution in [3.8, 4) is 0 Å². The van der Waals surface area contributed by atoms with Crippen LogP contribution in [0.3, 0.4) is 0 Å². The van der Waals surface area contributed by atoms with Crippen LogP contribution in [-0.2, 0) is 22.4 Å². The molecular formula is C24H24Cl2FN3O4. The predicted molar refractivity (Wildman–Crippen MR) is 128 cm³/mol. The van der Waals surface area contributed by atoms with Gasteiger partial charge in [-0.15, -0.1) is 0 Å². The molecule has 34 heavy (non-hydrogen) atoms. The fraction of sp³-hybridized carbons (Fsp3) is 0.292. The first kappa shape index (κ1) is 25.5. The summed E-state index contributed by atoms with van der Waals surface area (Å²) in [6, 6.07) is 11.5. The molecule has 180 valence electrons. The topological polar surface area (TPSA) is 82.5 Å². The first-order valence-corrected chi connectivity index (χ1v) is 11.5. The minimum absolute atomic E-state index is 0.00751. The number of benzene rings is 2. The SMILES string of the molecule is CCOC(=O)c1cccc(Cn2nc(C(=O)OCC)c(CCNc3cccc(Cl)c3F)c2Cl)c1. The zero-order chi connectivity index (χ0) is 24.7. The maximum atomic E-state index is 14.2. The van der Waals surface area contributed by atoms with Gasteiger partial charge in [-0.25, -0.2) is 18.7 Å². The predicted octanol–water partition coefficient (Wildman–Crippen LogP) is 5.39. The van der Waals surface area contributed by atoms with Crippen LogP contribution in [0.5, 0.6) is 0 Å². The smallest absolute Gasteiger partial charge is 0.359 e. The molecule has 2 aromatic carbocycles. The fourth-order valence-electron chi connectivity index (χ4n) is 3.31. The highest BCUT2D eigenvalue weighted by Gasteiger charge is 2.23. The highest BCUT2D eigenvalue weighted by Crippen LogP contribution is 2.25. The zero-order valence-electron chi connectivity index (χ0n) is 18.7. The quantitative estimate of drug-likeness (QED) is 0.370. The zero-order valence-corrected chi connectivity index (χ0v) is 20.3. The summed E-state index contributed by atoms with van der Waals surface area (Å²) in [4.78, 5) is 24.6. The standard InChI is InChI=1S/C24H24Cl2FN3O4/c1-3-33-23(31)16-8-5-7-15(13-16)14-30-22(26)17(21(29-30)24(32)34-4-2)11-12-28-19-10-6-9-18(25)20(19)27/h5-10,13,28H,3-4,11-12,14H2,1-2H3. The van der Waals surface area contributed by atoms with Crippen LogP contribution in [0.1, 0.15) is 45.8 Å². The van der Waals surface area contributed by atoms with E-state index >= 15 is 0 Å². The normalized spacial score (nSPS) is 10.7. The van der Waals surface area contributed by atoms with Gasteiger partial charge in [-0.3, -0.25) is 0 Å². The van der Waals surface area contributed by atoms with Crippen molar-refractivity contribution in [2.75, 3.05) is 25.1 Å². The Kier molecular flexibility index (Phi) is 8.90. The lowest BCUT2D eigenvalue weighted by Gasteiger charge is -2.09. The van der Waals surface area contributed by atoms with E-state index in [4.69, 9.17) is 32.7 Å². The summed E-state index contributed by atoms with van der Waals surface area (Å²) in [5.41, 5.74) is 1.94. The Bertz CT molecular complexity index is 1180. The molecule has 0 saturated carbocycles. The average molecular weight is 508 g/mol. The van der Waals surface area contributed by atoms with Gasteiger partial charge in [0.25, 0.3) is 0 Å². The van der Waals surface area contributed by atoms with Crippen molar-refractivity contribution in [1.29, 1.82) is 0 Å². The lowest BCUT2D eigenvalue weighted by molar-refractivity contribution is 0.0511. The van der Waals surface area contributed by atoms with Crippen LogP contribution in [0.25, 0.3) is 0 Å². The number of rotatable bonds is 10. The van der Waals surface area contributed by atoms with Gasteiger partial charge < -0.3 is 14.8 Å². The molecule has 0 aliphatic rings. The molecule has 0 atom stereocenters. The minimum Gasteiger partial charge on any atom is -0.462 e. The van der Waals surface area contributed by atoms with E-state index in [1.54, 1.807) is 44.2 Å². The highest BCUT2D eigenvalue weighted by atomic mass is 35.5. The molecule has 1 aromatic heterocycles. The van der Waals surface area contributed by atoms with Crippen LogP contribution in [0.4, 0.5) is 10.1 Å². The molecular weight excluding hydrogens is 484 g/mol. The molecule has 7 nitrogen and oxygen atoms in total. The molecule has 0 unspecified atom stereocenters. The van der Waals surface area contributed by atoms with E-state index in [-0.39, 0.29) is 54.3 Å². The Morgan fingerprint density at radius 3 is 2.50 bits per heavy atom. The molecule has 0 amide bonds. The van der Waals surface area contributed by atoms with Gasteiger partial charge in [0.15, 0.2) is 11.5 Å². The summed E-state index contributed by atoms with van der Waals surface area (Å²) in [7, 11) is 0. The summed E-state index contributed by atoms with van der Waals surface area (Å²) in [5, 5.41) is 7.58. The molecule has 0 bridgehead atoms. The second-order valence-electron chi connectivity index (χ2n) is 7.20.